The molecule has 9 heteroatoms. The van der Waals surface area contributed by atoms with Crippen LogP contribution in [0.2, 0.25) is 0 Å². The molecule has 0 aliphatic heterocycles. The molecule has 0 saturated carbocycles. The van der Waals surface area contributed by atoms with E-state index >= 15 is 0 Å². The molecule has 0 aliphatic rings. The molecule has 0 unspecified atom stereocenters. The van der Waals surface area contributed by atoms with Gasteiger partial charge in [0.1, 0.15) is 10.0 Å². The SMILES string of the molecule is [CH-]=CC=[C-]S(N)(=O)=O.[Y].[Y].[Y].[Y].[Y]. The van der Waals surface area contributed by atoms with Gasteiger partial charge < -0.3 is 18.7 Å². The van der Waals surface area contributed by atoms with Crippen molar-refractivity contribution in [1.29, 1.82) is 0 Å². The van der Waals surface area contributed by atoms with Crippen molar-refractivity contribution in [3.63, 3.8) is 0 Å². The van der Waals surface area contributed by atoms with Crippen LogP contribution in [0.1, 0.15) is 0 Å². The van der Waals surface area contributed by atoms with Crippen LogP contribution >= 0.6 is 0 Å². The van der Waals surface area contributed by atoms with Crippen molar-refractivity contribution in [1.82, 2.24) is 0 Å². The van der Waals surface area contributed by atoms with Gasteiger partial charge in [-0.15, -0.1) is 0 Å². The maximum Gasteiger partial charge on any atom is 0.137 e. The molecule has 2 N–H and O–H groups in total. The van der Waals surface area contributed by atoms with Crippen LogP contribution in [0.25, 0.3) is 0 Å². The van der Waals surface area contributed by atoms with Crippen molar-refractivity contribution in [2.75, 3.05) is 0 Å². The maximum atomic E-state index is 9.95. The molecule has 0 heterocycles. The van der Waals surface area contributed by atoms with E-state index in [1.807, 2.05) is 5.41 Å². The fourth-order valence-corrected chi connectivity index (χ4v) is 0.402. The number of hydrogen-bond donors (Lipinski definition) is 1. The molecule has 61 valence electrons. The Morgan fingerprint density at radius 3 is 1.46 bits per heavy atom. The van der Waals surface area contributed by atoms with Crippen molar-refractivity contribution in [2.45, 2.75) is 0 Å². The van der Waals surface area contributed by atoms with E-state index in [1.165, 1.54) is 0 Å². The molecule has 0 amide bonds. The fourth-order valence-electron chi connectivity index (χ4n) is 0.134. The molecule has 0 aromatic rings. The molecule has 0 aromatic heterocycles. The summed E-state index contributed by atoms with van der Waals surface area (Å²) in [4.78, 5) is 0. The van der Waals surface area contributed by atoms with E-state index in [9.17, 15) is 8.42 Å². The number of rotatable bonds is 2. The van der Waals surface area contributed by atoms with E-state index in [1.54, 1.807) is 0 Å². The normalized spacial score (nSPS) is 7.46. The molecule has 0 rings (SSSR count). The van der Waals surface area contributed by atoms with Crippen molar-refractivity contribution in [2.24, 2.45) is 5.14 Å². The summed E-state index contributed by atoms with van der Waals surface area (Å²) in [5.41, 5.74) is 0. The summed E-state index contributed by atoms with van der Waals surface area (Å²) < 4.78 is 19.9. The van der Waals surface area contributed by atoms with Crippen molar-refractivity contribution >= 4 is 10.0 Å². The van der Waals surface area contributed by atoms with E-state index in [4.69, 9.17) is 6.58 Å². The van der Waals surface area contributed by atoms with Crippen molar-refractivity contribution < 1.29 is 172 Å². The van der Waals surface area contributed by atoms with Gasteiger partial charge in [-0.1, -0.05) is 0 Å². The molecule has 0 saturated heterocycles. The summed E-state index contributed by atoms with van der Waals surface area (Å²) in [7, 11) is -3.60. The van der Waals surface area contributed by atoms with E-state index in [-0.39, 0.29) is 164 Å². The van der Waals surface area contributed by atoms with E-state index in [0.717, 1.165) is 12.2 Å². The summed E-state index contributed by atoms with van der Waals surface area (Å²) in [5.74, 6) is 0. The summed E-state index contributed by atoms with van der Waals surface area (Å²) in [6.07, 6.45) is 2.06. The Labute approximate surface area is 205 Å². The second kappa shape index (κ2) is 22.1. The van der Waals surface area contributed by atoms with Crippen molar-refractivity contribution in [3.05, 3.63) is 24.1 Å². The van der Waals surface area contributed by atoms with Crippen LogP contribution in [0.5, 0.6) is 0 Å². The Morgan fingerprint density at radius 1 is 1.08 bits per heavy atom. The maximum absolute atomic E-state index is 9.95. The standard InChI is InChI=1S/C4H5NO2S.5Y/c1-2-3-4-8(5,6)7;;;;;/h1-3H,(H2,5,6,7);;;;;/q-2;;;;;. The predicted octanol–water partition coefficient (Wildman–Crippen LogP) is -0.432. The van der Waals surface area contributed by atoms with Gasteiger partial charge in [0.05, 0.1) is 0 Å². The first-order valence-electron chi connectivity index (χ1n) is 1.73. The molecule has 5 radical (unpaired) electrons. The third kappa shape index (κ3) is 38.3. The van der Waals surface area contributed by atoms with Gasteiger partial charge in [0, 0.05) is 164 Å². The van der Waals surface area contributed by atoms with Crippen LogP contribution in [0.3, 0.4) is 0 Å². The molecule has 3 nitrogen and oxygen atoms in total. The molecule has 0 fully saturated rings. The number of sulfonamides is 1. The second-order valence-electron chi connectivity index (χ2n) is 1.02. The first-order valence-corrected chi connectivity index (χ1v) is 3.27. The zero-order valence-electron chi connectivity index (χ0n) is 6.92. The zero-order valence-corrected chi connectivity index (χ0v) is 21.9. The van der Waals surface area contributed by atoms with Crippen molar-refractivity contribution in [3.8, 4) is 0 Å². The monoisotopic (exact) mass is 576 g/mol. The van der Waals surface area contributed by atoms with Gasteiger partial charge in [0.25, 0.3) is 0 Å². The number of allylic oxidation sites excluding steroid dienone is 2. The molecule has 0 bridgehead atoms. The van der Waals surface area contributed by atoms with E-state index < -0.39 is 10.0 Å². The van der Waals surface area contributed by atoms with E-state index in [2.05, 4.69) is 5.14 Å². The summed E-state index contributed by atoms with van der Waals surface area (Å²) in [6.45, 7) is 4.77. The smallest absolute Gasteiger partial charge is 0.137 e. The summed E-state index contributed by atoms with van der Waals surface area (Å²) in [5, 5.41) is 6.29. The Morgan fingerprint density at radius 2 is 1.38 bits per heavy atom. The minimum absolute atomic E-state index is 0. The number of nitrogens with two attached hydrogens (primary N) is 1. The van der Waals surface area contributed by atoms with Crippen LogP contribution in [0, 0.1) is 12.0 Å². The second-order valence-corrected chi connectivity index (χ2v) is 2.35. The number of primary sulfonamides is 1. The summed E-state index contributed by atoms with van der Waals surface area (Å²) in [6, 6.07) is 0. The zero-order chi connectivity index (χ0) is 6.62. The van der Waals surface area contributed by atoms with Crippen LogP contribution in [0.15, 0.2) is 12.2 Å². The van der Waals surface area contributed by atoms with Gasteiger partial charge in [-0.2, -0.15) is 0 Å². The van der Waals surface area contributed by atoms with Gasteiger partial charge in [-0.05, 0) is 0 Å². The van der Waals surface area contributed by atoms with E-state index in [0.29, 0.717) is 0 Å². The molecule has 0 aromatic carbocycles. The average Bonchev–Trinajstić information content (AvgIpc) is 1.59. The Kier molecular flexibility index (Phi) is 61.4. The van der Waals surface area contributed by atoms with Crippen LogP contribution in [0.4, 0.5) is 0 Å². The average molecular weight is 576 g/mol. The van der Waals surface area contributed by atoms with Gasteiger partial charge in [0.2, 0.25) is 0 Å². The predicted molar refractivity (Wildman–Crippen MR) is 29.8 cm³/mol. The van der Waals surface area contributed by atoms with Crippen LogP contribution in [-0.2, 0) is 174 Å². The van der Waals surface area contributed by atoms with Crippen LogP contribution in [-0.4, -0.2) is 8.42 Å². The minimum atomic E-state index is -3.60. The molecular weight excluding hydrogens is 571 g/mol. The molecular formula is C4H5NO2SY5-2. The Balaban J connectivity index is -0.0000000245. The molecule has 0 aliphatic carbocycles. The van der Waals surface area contributed by atoms with Gasteiger partial charge in [-0.3, -0.25) is 0 Å². The Bertz CT molecular complexity index is 203. The first kappa shape index (κ1) is 36.1. The number of hydrogen-bond acceptors (Lipinski definition) is 2. The Hall–Kier alpha value is 4.91. The largest absolute Gasteiger partial charge is 0.394 e. The topological polar surface area (TPSA) is 60.2 Å². The molecule has 13 heavy (non-hydrogen) atoms. The quantitative estimate of drug-likeness (QED) is 0.359. The summed E-state index contributed by atoms with van der Waals surface area (Å²) >= 11 is 0. The van der Waals surface area contributed by atoms with Gasteiger partial charge in [0.15, 0.2) is 0 Å². The first-order chi connectivity index (χ1) is 3.56. The molecule has 0 spiro atoms. The fraction of sp³-hybridized carbons (Fsp3) is 0. The third-order valence-electron chi connectivity index (χ3n) is 0.329. The van der Waals surface area contributed by atoms with Gasteiger partial charge in [-0.25, -0.2) is 19.0 Å². The third-order valence-corrected chi connectivity index (χ3v) is 0.793. The van der Waals surface area contributed by atoms with Gasteiger partial charge >= 0.3 is 0 Å². The minimum Gasteiger partial charge on any atom is -0.394 e. The van der Waals surface area contributed by atoms with Crippen LogP contribution < -0.4 is 5.14 Å². The molecule has 0 atom stereocenters.